The van der Waals surface area contributed by atoms with Crippen LogP contribution >= 0.6 is 11.6 Å². The summed E-state index contributed by atoms with van der Waals surface area (Å²) in [5.74, 6) is 0. The van der Waals surface area contributed by atoms with Gasteiger partial charge in [0.2, 0.25) is 0 Å². The van der Waals surface area contributed by atoms with Crippen LogP contribution in [-0.2, 0) is 31.0 Å². The van der Waals surface area contributed by atoms with Crippen molar-refractivity contribution in [2.45, 2.75) is 51.9 Å². The van der Waals surface area contributed by atoms with Crippen LogP contribution in [0.3, 0.4) is 0 Å². The predicted octanol–water partition coefficient (Wildman–Crippen LogP) is 2.44. The van der Waals surface area contributed by atoms with Gasteiger partial charge in [-0.25, -0.2) is 4.68 Å². The van der Waals surface area contributed by atoms with Crippen molar-refractivity contribution in [2.75, 3.05) is 20.2 Å². The molecule has 2 aromatic heterocycles. The number of fused-ring (bicyclic) bond motifs is 1. The second-order valence-corrected chi connectivity index (χ2v) is 14.4. The Bertz CT molecular complexity index is 858. The number of ether oxygens (including phenoxy) is 1. The van der Waals surface area contributed by atoms with Gasteiger partial charge in [-0.3, -0.25) is 14.4 Å². The Morgan fingerprint density at radius 1 is 1.22 bits per heavy atom. The number of rotatable bonds is 7. The Morgan fingerprint density at radius 3 is 2.74 bits per heavy atom. The normalized spacial score (nSPS) is 15.1. The van der Waals surface area contributed by atoms with Gasteiger partial charge in [0.1, 0.15) is 11.9 Å². The molecule has 2 aromatic rings. The molecule has 0 saturated heterocycles. The summed E-state index contributed by atoms with van der Waals surface area (Å²) in [6, 6.07) is 4.75. The van der Waals surface area contributed by atoms with E-state index in [-0.39, 0.29) is 12.3 Å². The fraction of sp³-hybridized carbons (Fsp3) is 0.611. The van der Waals surface area contributed by atoms with Gasteiger partial charge in [0.25, 0.3) is 5.56 Å². The van der Waals surface area contributed by atoms with Gasteiger partial charge in [-0.1, -0.05) is 31.2 Å². The lowest BCUT2D eigenvalue weighted by molar-refractivity contribution is 0.0747. The minimum Gasteiger partial charge on any atom is -0.359 e. The summed E-state index contributed by atoms with van der Waals surface area (Å²) in [4.78, 5) is 15.0. The van der Waals surface area contributed by atoms with Crippen LogP contribution < -0.4 is 5.56 Å². The average Bonchev–Trinajstić information content (AvgIpc) is 2.96. The molecule has 0 aliphatic carbocycles. The van der Waals surface area contributed by atoms with Gasteiger partial charge in [0, 0.05) is 39.8 Å². The van der Waals surface area contributed by atoms with Crippen molar-refractivity contribution in [3.8, 4) is 0 Å². The van der Waals surface area contributed by atoms with E-state index in [1.165, 1.54) is 10.4 Å². The monoisotopic (exact) mass is 409 g/mol. The third-order valence-corrected chi connectivity index (χ3v) is 6.53. The van der Waals surface area contributed by atoms with Crippen molar-refractivity contribution >= 4 is 19.7 Å². The molecule has 1 aliphatic rings. The molecule has 0 radical (unpaired) electrons. The summed E-state index contributed by atoms with van der Waals surface area (Å²) in [6.07, 6.45) is 0.444. The Balaban J connectivity index is 1.71. The highest BCUT2D eigenvalue weighted by Gasteiger charge is 2.17. The summed E-state index contributed by atoms with van der Waals surface area (Å²) in [5.41, 5.74) is 2.47. The van der Waals surface area contributed by atoms with E-state index in [1.807, 2.05) is 4.68 Å². The molecule has 7 nitrogen and oxygen atoms in total. The molecular weight excluding hydrogens is 382 g/mol. The highest BCUT2D eigenvalue weighted by molar-refractivity contribution is 6.76. The average molecular weight is 410 g/mol. The van der Waals surface area contributed by atoms with Crippen LogP contribution in [0.25, 0.3) is 0 Å². The maximum atomic E-state index is 12.7. The van der Waals surface area contributed by atoms with E-state index < -0.39 is 8.07 Å². The molecule has 0 atom stereocenters. The molecule has 3 heterocycles. The maximum Gasteiger partial charge on any atom is 0.272 e. The van der Waals surface area contributed by atoms with Gasteiger partial charge in [0.15, 0.2) is 0 Å². The number of likely N-dealkylation sites (N-methyl/N-ethyl adjacent to an activating group) is 1. The van der Waals surface area contributed by atoms with Crippen LogP contribution in [0.15, 0.2) is 16.9 Å². The zero-order valence-electron chi connectivity index (χ0n) is 16.5. The highest BCUT2D eigenvalue weighted by atomic mass is 35.5. The van der Waals surface area contributed by atoms with Gasteiger partial charge >= 0.3 is 0 Å². The van der Waals surface area contributed by atoms with E-state index in [0.29, 0.717) is 23.7 Å². The zero-order valence-corrected chi connectivity index (χ0v) is 18.3. The molecule has 9 heteroatoms. The summed E-state index contributed by atoms with van der Waals surface area (Å²) in [6.45, 7) is 10.4. The predicted molar refractivity (Wildman–Crippen MR) is 109 cm³/mol. The first-order chi connectivity index (χ1) is 12.7. The molecule has 0 amide bonds. The van der Waals surface area contributed by atoms with Crippen molar-refractivity contribution < 1.29 is 4.74 Å². The van der Waals surface area contributed by atoms with Crippen LogP contribution in [0.1, 0.15) is 17.0 Å². The Morgan fingerprint density at radius 2 is 2.00 bits per heavy atom. The molecule has 0 fully saturated rings. The minimum atomic E-state index is -1.16. The largest absolute Gasteiger partial charge is 0.359 e. The lowest BCUT2D eigenvalue weighted by Gasteiger charge is -2.22. The Kier molecular flexibility index (Phi) is 6.20. The van der Waals surface area contributed by atoms with Crippen LogP contribution in [0.2, 0.25) is 30.8 Å². The topological polar surface area (TPSA) is 65.2 Å². The van der Waals surface area contributed by atoms with Crippen molar-refractivity contribution in [2.24, 2.45) is 0 Å². The van der Waals surface area contributed by atoms with Gasteiger partial charge in [-0.05, 0) is 25.2 Å². The molecule has 27 heavy (non-hydrogen) atoms. The second kappa shape index (κ2) is 8.26. The van der Waals surface area contributed by atoms with Gasteiger partial charge in [0.05, 0.1) is 17.9 Å². The quantitative estimate of drug-likeness (QED) is 0.519. The number of halogens is 1. The SMILES string of the molecule is CN1CCn2nc(Cc3cc(Cl)nn(COCC[Si](C)(C)C)c3=O)cc2C1. The van der Waals surface area contributed by atoms with Crippen molar-refractivity contribution in [1.29, 1.82) is 0 Å². The standard InChI is InChI=1S/C18H28ClN5O2Si/c1-22-5-6-23-16(12-22)11-15(20-23)9-14-10-17(19)21-24(18(14)25)13-26-7-8-27(2,3)4/h10-11H,5-9,12-13H2,1-4H3. The third-order valence-electron chi connectivity index (χ3n) is 4.64. The molecular formula is C18H28ClN5O2Si. The zero-order chi connectivity index (χ0) is 19.6. The van der Waals surface area contributed by atoms with E-state index in [9.17, 15) is 4.79 Å². The van der Waals surface area contributed by atoms with E-state index in [0.717, 1.165) is 31.4 Å². The molecule has 3 rings (SSSR count). The molecule has 1 aliphatic heterocycles. The summed E-state index contributed by atoms with van der Waals surface area (Å²) in [7, 11) is 0.932. The van der Waals surface area contributed by atoms with Gasteiger partial charge in [-0.15, -0.1) is 0 Å². The van der Waals surface area contributed by atoms with Crippen LogP contribution in [-0.4, -0.2) is 52.7 Å². The van der Waals surface area contributed by atoms with Crippen molar-refractivity contribution in [3.63, 3.8) is 0 Å². The first-order valence-electron chi connectivity index (χ1n) is 9.30. The molecule has 0 spiro atoms. The lowest BCUT2D eigenvalue weighted by atomic mass is 10.1. The van der Waals surface area contributed by atoms with E-state index in [4.69, 9.17) is 16.3 Å². The van der Waals surface area contributed by atoms with Crippen molar-refractivity contribution in [1.82, 2.24) is 24.5 Å². The van der Waals surface area contributed by atoms with Crippen LogP contribution in [0.5, 0.6) is 0 Å². The Labute approximate surface area is 165 Å². The molecule has 0 saturated carbocycles. The number of hydrogen-bond donors (Lipinski definition) is 0. The fourth-order valence-corrected chi connectivity index (χ4v) is 4.02. The van der Waals surface area contributed by atoms with Gasteiger partial charge < -0.3 is 4.74 Å². The Hall–Kier alpha value is -1.48. The molecule has 0 aromatic carbocycles. The van der Waals surface area contributed by atoms with Gasteiger partial charge in [-0.2, -0.15) is 10.2 Å². The first-order valence-corrected chi connectivity index (χ1v) is 13.4. The van der Waals surface area contributed by atoms with Crippen molar-refractivity contribution in [3.05, 3.63) is 44.6 Å². The molecule has 0 unspecified atom stereocenters. The number of aromatic nitrogens is 4. The minimum absolute atomic E-state index is 0.126. The maximum absolute atomic E-state index is 12.7. The number of hydrogen-bond acceptors (Lipinski definition) is 5. The fourth-order valence-electron chi connectivity index (χ4n) is 3.04. The van der Waals surface area contributed by atoms with Crippen LogP contribution in [0, 0.1) is 0 Å². The lowest BCUT2D eigenvalue weighted by Crippen LogP contribution is -2.30. The van der Waals surface area contributed by atoms with E-state index >= 15 is 0 Å². The summed E-state index contributed by atoms with van der Waals surface area (Å²) >= 11 is 6.14. The summed E-state index contributed by atoms with van der Waals surface area (Å²) in [5, 5.41) is 9.04. The first kappa shape index (κ1) is 20.3. The summed E-state index contributed by atoms with van der Waals surface area (Å²) < 4.78 is 9.00. The highest BCUT2D eigenvalue weighted by Crippen LogP contribution is 2.15. The van der Waals surface area contributed by atoms with Crippen LogP contribution in [0.4, 0.5) is 0 Å². The number of nitrogens with zero attached hydrogens (tertiary/aromatic N) is 5. The molecule has 0 bridgehead atoms. The second-order valence-electron chi connectivity index (χ2n) is 8.41. The molecule has 0 N–H and O–H groups in total. The van der Waals surface area contributed by atoms with E-state index in [2.05, 4.69) is 47.9 Å². The third kappa shape index (κ3) is 5.51. The molecule has 148 valence electrons. The smallest absolute Gasteiger partial charge is 0.272 e. The van der Waals surface area contributed by atoms with E-state index in [1.54, 1.807) is 6.07 Å².